The molecule has 0 unspecified atom stereocenters. The summed E-state index contributed by atoms with van der Waals surface area (Å²) in [6.45, 7) is 7.42. The summed E-state index contributed by atoms with van der Waals surface area (Å²) in [5.41, 5.74) is 1.65. The fourth-order valence-electron chi connectivity index (χ4n) is 4.03. The maximum absolute atomic E-state index is 13.3. The van der Waals surface area contributed by atoms with Crippen LogP contribution in [0, 0.1) is 0 Å². The molecule has 2 aromatic carbocycles. The van der Waals surface area contributed by atoms with Crippen LogP contribution >= 0.6 is 0 Å². The highest BCUT2D eigenvalue weighted by Crippen LogP contribution is 2.38. The van der Waals surface area contributed by atoms with Gasteiger partial charge in [-0.15, -0.1) is 0 Å². The van der Waals surface area contributed by atoms with Crippen LogP contribution in [-0.4, -0.2) is 42.3 Å². The molecule has 2 amide bonds. The fraction of sp³-hybridized carbons (Fsp3) is 0.440. The molecule has 170 valence electrons. The Morgan fingerprint density at radius 3 is 2.44 bits per heavy atom. The lowest BCUT2D eigenvalue weighted by Crippen LogP contribution is -2.30. The first kappa shape index (κ1) is 22.0. The first-order valence-electron chi connectivity index (χ1n) is 11.1. The molecule has 0 saturated carbocycles. The van der Waals surface area contributed by atoms with Crippen molar-refractivity contribution in [1.29, 1.82) is 0 Å². The molecule has 2 aliphatic heterocycles. The number of carbonyl (C=O) groups is 2. The van der Waals surface area contributed by atoms with E-state index in [1.165, 1.54) is 0 Å². The molecule has 0 bridgehead atoms. The smallest absolute Gasteiger partial charge is 0.412 e. The Morgan fingerprint density at radius 1 is 1.00 bits per heavy atom. The van der Waals surface area contributed by atoms with Crippen molar-refractivity contribution in [3.8, 4) is 11.5 Å². The number of benzene rings is 2. The summed E-state index contributed by atoms with van der Waals surface area (Å²) in [4.78, 5) is 27.1. The molecule has 0 spiro atoms. The van der Waals surface area contributed by atoms with E-state index in [0.29, 0.717) is 31.0 Å². The van der Waals surface area contributed by atoms with Crippen LogP contribution in [0.15, 0.2) is 42.5 Å². The predicted molar refractivity (Wildman–Crippen MR) is 121 cm³/mol. The minimum atomic E-state index is -0.572. The summed E-state index contributed by atoms with van der Waals surface area (Å²) >= 11 is 0. The van der Waals surface area contributed by atoms with Gasteiger partial charge < -0.3 is 19.1 Å². The van der Waals surface area contributed by atoms with E-state index in [0.717, 1.165) is 36.3 Å². The van der Waals surface area contributed by atoms with Crippen molar-refractivity contribution in [2.24, 2.45) is 0 Å². The quantitative estimate of drug-likeness (QED) is 0.715. The van der Waals surface area contributed by atoms with E-state index in [1.807, 2.05) is 43.9 Å². The highest BCUT2D eigenvalue weighted by atomic mass is 16.6. The van der Waals surface area contributed by atoms with E-state index in [1.54, 1.807) is 24.3 Å². The maximum Gasteiger partial charge on any atom is 0.412 e. The van der Waals surface area contributed by atoms with Crippen LogP contribution in [0.25, 0.3) is 0 Å². The molecule has 1 atom stereocenters. The summed E-state index contributed by atoms with van der Waals surface area (Å²) in [6.07, 6.45) is 2.19. The van der Waals surface area contributed by atoms with Crippen molar-refractivity contribution >= 4 is 17.7 Å². The minimum absolute atomic E-state index is 0.000724. The Balaban J connectivity index is 1.46. The number of carbonyl (C=O) groups excluding carboxylic acids is 2. The van der Waals surface area contributed by atoms with Crippen molar-refractivity contribution in [1.82, 2.24) is 4.90 Å². The summed E-state index contributed by atoms with van der Waals surface area (Å²) in [6, 6.07) is 12.9. The third-order valence-corrected chi connectivity index (χ3v) is 5.45. The van der Waals surface area contributed by atoms with Crippen molar-refractivity contribution in [2.45, 2.75) is 51.7 Å². The van der Waals surface area contributed by atoms with E-state index >= 15 is 0 Å². The van der Waals surface area contributed by atoms with Crippen LogP contribution in [0.4, 0.5) is 10.5 Å². The maximum atomic E-state index is 13.3. The summed E-state index contributed by atoms with van der Waals surface area (Å²) in [5.74, 6) is 1.48. The molecule has 0 aliphatic carbocycles. The van der Waals surface area contributed by atoms with Crippen LogP contribution in [0.3, 0.4) is 0 Å². The van der Waals surface area contributed by atoms with E-state index < -0.39 is 11.7 Å². The monoisotopic (exact) mass is 438 g/mol. The second-order valence-corrected chi connectivity index (χ2v) is 9.12. The number of amides is 2. The Morgan fingerprint density at radius 2 is 1.72 bits per heavy atom. The van der Waals surface area contributed by atoms with Crippen LogP contribution in [0.5, 0.6) is 11.5 Å². The van der Waals surface area contributed by atoms with Crippen LogP contribution in [0.1, 0.15) is 62.0 Å². The fourth-order valence-corrected chi connectivity index (χ4v) is 4.03. The van der Waals surface area contributed by atoms with Gasteiger partial charge in [0.1, 0.15) is 5.60 Å². The highest BCUT2D eigenvalue weighted by molar-refractivity contribution is 5.95. The SMILES string of the molecule is CC(C)(C)OC(=O)Nc1ccc(C(=O)N2CCC[C@H]2c2ccc3c(c2)OCCCO3)cc1. The van der Waals surface area contributed by atoms with Gasteiger partial charge in [0.05, 0.1) is 19.3 Å². The molecule has 1 saturated heterocycles. The molecule has 2 aliphatic rings. The largest absolute Gasteiger partial charge is 0.490 e. The van der Waals surface area contributed by atoms with E-state index in [9.17, 15) is 9.59 Å². The summed E-state index contributed by atoms with van der Waals surface area (Å²) in [7, 11) is 0. The van der Waals surface area contributed by atoms with Crippen molar-refractivity contribution in [3.05, 3.63) is 53.6 Å². The molecule has 0 radical (unpaired) electrons. The van der Waals surface area contributed by atoms with Gasteiger partial charge in [-0.2, -0.15) is 0 Å². The highest BCUT2D eigenvalue weighted by Gasteiger charge is 2.31. The van der Waals surface area contributed by atoms with Gasteiger partial charge in [-0.05, 0) is 75.6 Å². The Labute approximate surface area is 188 Å². The van der Waals surface area contributed by atoms with E-state index in [2.05, 4.69) is 5.32 Å². The zero-order valence-corrected chi connectivity index (χ0v) is 18.8. The Hall–Kier alpha value is -3.22. The van der Waals surface area contributed by atoms with Crippen molar-refractivity contribution < 1.29 is 23.8 Å². The second kappa shape index (κ2) is 9.10. The number of nitrogens with zero attached hydrogens (tertiary/aromatic N) is 1. The van der Waals surface area contributed by atoms with Gasteiger partial charge in [0, 0.05) is 24.2 Å². The summed E-state index contributed by atoms with van der Waals surface area (Å²) < 4.78 is 16.8. The molecule has 1 fully saturated rings. The molecule has 1 N–H and O–H groups in total. The topological polar surface area (TPSA) is 77.1 Å². The number of likely N-dealkylation sites (tertiary alicyclic amines) is 1. The van der Waals surface area contributed by atoms with Crippen LogP contribution < -0.4 is 14.8 Å². The molecule has 7 nitrogen and oxygen atoms in total. The molecule has 7 heteroatoms. The van der Waals surface area contributed by atoms with E-state index in [4.69, 9.17) is 14.2 Å². The summed E-state index contributed by atoms with van der Waals surface area (Å²) in [5, 5.41) is 2.69. The van der Waals surface area contributed by atoms with E-state index in [-0.39, 0.29) is 11.9 Å². The molecule has 2 aromatic rings. The Kier molecular flexibility index (Phi) is 6.26. The molecule has 32 heavy (non-hydrogen) atoms. The lowest BCUT2D eigenvalue weighted by atomic mass is 10.0. The number of rotatable bonds is 3. The third-order valence-electron chi connectivity index (χ3n) is 5.45. The first-order chi connectivity index (χ1) is 15.3. The molecule has 0 aromatic heterocycles. The third kappa shape index (κ3) is 5.15. The number of anilines is 1. The zero-order valence-electron chi connectivity index (χ0n) is 18.8. The van der Waals surface area contributed by atoms with Crippen molar-refractivity contribution in [2.75, 3.05) is 25.1 Å². The van der Waals surface area contributed by atoms with Crippen LogP contribution in [0.2, 0.25) is 0 Å². The number of hydrogen-bond donors (Lipinski definition) is 1. The van der Waals surface area contributed by atoms with Gasteiger partial charge in [0.25, 0.3) is 5.91 Å². The molecular weight excluding hydrogens is 408 g/mol. The van der Waals surface area contributed by atoms with Gasteiger partial charge in [0.2, 0.25) is 0 Å². The number of ether oxygens (including phenoxy) is 3. The average Bonchev–Trinajstić information content (AvgIpc) is 3.11. The predicted octanol–water partition coefficient (Wildman–Crippen LogP) is 5.17. The van der Waals surface area contributed by atoms with Gasteiger partial charge in [-0.25, -0.2) is 4.79 Å². The minimum Gasteiger partial charge on any atom is -0.490 e. The number of hydrogen-bond acceptors (Lipinski definition) is 5. The van der Waals surface area contributed by atoms with Gasteiger partial charge in [0.15, 0.2) is 11.5 Å². The average molecular weight is 439 g/mol. The van der Waals surface area contributed by atoms with Gasteiger partial charge in [-0.3, -0.25) is 10.1 Å². The lowest BCUT2D eigenvalue weighted by molar-refractivity contribution is 0.0635. The molecule has 4 rings (SSSR count). The number of nitrogens with one attached hydrogen (secondary N) is 1. The second-order valence-electron chi connectivity index (χ2n) is 9.12. The first-order valence-corrected chi connectivity index (χ1v) is 11.1. The zero-order chi connectivity index (χ0) is 22.7. The standard InChI is InChI=1S/C25H30N2O5/c1-25(2,3)32-24(29)26-19-10-7-17(8-11-19)23(28)27-13-4-6-20(27)18-9-12-21-22(16-18)31-15-5-14-30-21/h7-12,16,20H,4-6,13-15H2,1-3H3,(H,26,29)/t20-/m0/s1. The molecule has 2 heterocycles. The van der Waals surface area contributed by atoms with Gasteiger partial charge >= 0.3 is 6.09 Å². The van der Waals surface area contributed by atoms with Crippen LogP contribution in [-0.2, 0) is 4.74 Å². The number of fused-ring (bicyclic) bond motifs is 1. The Bertz CT molecular complexity index is 981. The molecular formula is C25H30N2O5. The van der Waals surface area contributed by atoms with Gasteiger partial charge in [-0.1, -0.05) is 6.07 Å². The van der Waals surface area contributed by atoms with Crippen molar-refractivity contribution in [3.63, 3.8) is 0 Å². The lowest BCUT2D eigenvalue weighted by Gasteiger charge is -2.26. The normalized spacial score (nSPS) is 18.1.